The van der Waals surface area contributed by atoms with E-state index in [1.54, 1.807) is 0 Å². The molecule has 5 nitrogen and oxygen atoms in total. The van der Waals surface area contributed by atoms with E-state index in [0.717, 1.165) is 32.1 Å². The molecule has 4 N–H and O–H groups in total. The second-order valence-electron chi connectivity index (χ2n) is 6.57. The zero-order valence-corrected chi connectivity index (χ0v) is 13.3. The fraction of sp³-hybridized carbons (Fsp3) is 0.875. The van der Waals surface area contributed by atoms with Gasteiger partial charge >= 0.3 is 5.97 Å². The minimum absolute atomic E-state index is 0.00773. The second kappa shape index (κ2) is 9.03. The molecule has 122 valence electrons. The SMILES string of the molecule is CC(C)C(CCNC(=O)C1CCCCC1N)CCC(=O)O. The molecule has 21 heavy (non-hydrogen) atoms. The van der Waals surface area contributed by atoms with Crippen molar-refractivity contribution in [2.45, 2.75) is 64.8 Å². The monoisotopic (exact) mass is 298 g/mol. The van der Waals surface area contributed by atoms with Gasteiger partial charge in [0.15, 0.2) is 0 Å². The number of hydrogen-bond donors (Lipinski definition) is 3. The van der Waals surface area contributed by atoms with Crippen molar-refractivity contribution in [2.75, 3.05) is 6.54 Å². The first kappa shape index (κ1) is 18.0. The van der Waals surface area contributed by atoms with Gasteiger partial charge in [-0.1, -0.05) is 26.7 Å². The van der Waals surface area contributed by atoms with Crippen molar-refractivity contribution < 1.29 is 14.7 Å². The van der Waals surface area contributed by atoms with Crippen LogP contribution in [0.5, 0.6) is 0 Å². The highest BCUT2D eigenvalue weighted by Crippen LogP contribution is 2.24. The molecule has 5 heteroatoms. The summed E-state index contributed by atoms with van der Waals surface area (Å²) in [5.41, 5.74) is 6.01. The van der Waals surface area contributed by atoms with E-state index in [-0.39, 0.29) is 24.3 Å². The number of carboxylic acids is 1. The van der Waals surface area contributed by atoms with Crippen LogP contribution >= 0.6 is 0 Å². The normalized spacial score (nSPS) is 23.8. The van der Waals surface area contributed by atoms with Gasteiger partial charge in [-0.05, 0) is 37.5 Å². The minimum atomic E-state index is -0.752. The molecule has 3 atom stereocenters. The Morgan fingerprint density at radius 1 is 1.24 bits per heavy atom. The van der Waals surface area contributed by atoms with E-state index in [9.17, 15) is 9.59 Å². The summed E-state index contributed by atoms with van der Waals surface area (Å²) in [7, 11) is 0. The van der Waals surface area contributed by atoms with Gasteiger partial charge < -0.3 is 16.2 Å². The molecule has 1 amide bonds. The van der Waals surface area contributed by atoms with E-state index in [2.05, 4.69) is 19.2 Å². The van der Waals surface area contributed by atoms with E-state index >= 15 is 0 Å². The lowest BCUT2D eigenvalue weighted by Crippen LogP contribution is -2.44. The maximum absolute atomic E-state index is 12.1. The molecule has 1 fully saturated rings. The molecule has 0 heterocycles. The number of hydrogen-bond acceptors (Lipinski definition) is 3. The molecule has 0 aromatic carbocycles. The quantitative estimate of drug-likeness (QED) is 0.640. The van der Waals surface area contributed by atoms with Gasteiger partial charge in [0.25, 0.3) is 0 Å². The third kappa shape index (κ3) is 6.46. The van der Waals surface area contributed by atoms with Crippen molar-refractivity contribution in [3.05, 3.63) is 0 Å². The van der Waals surface area contributed by atoms with Gasteiger partial charge in [0.05, 0.1) is 5.92 Å². The second-order valence-corrected chi connectivity index (χ2v) is 6.57. The molecule has 3 unspecified atom stereocenters. The Hall–Kier alpha value is -1.10. The van der Waals surface area contributed by atoms with Gasteiger partial charge in [-0.25, -0.2) is 0 Å². The predicted octanol–water partition coefficient (Wildman–Crippen LogP) is 2.15. The number of carbonyl (C=O) groups excluding carboxylic acids is 1. The fourth-order valence-electron chi connectivity index (χ4n) is 3.12. The number of carboxylic acid groups (broad SMARTS) is 1. The summed E-state index contributed by atoms with van der Waals surface area (Å²) >= 11 is 0. The number of rotatable bonds is 8. The summed E-state index contributed by atoms with van der Waals surface area (Å²) in [6, 6.07) is -0.00773. The third-order valence-corrected chi connectivity index (χ3v) is 4.64. The minimum Gasteiger partial charge on any atom is -0.481 e. The zero-order chi connectivity index (χ0) is 15.8. The molecule has 0 radical (unpaired) electrons. The van der Waals surface area contributed by atoms with Crippen LogP contribution in [0.25, 0.3) is 0 Å². The average molecular weight is 298 g/mol. The van der Waals surface area contributed by atoms with Gasteiger partial charge in [0.1, 0.15) is 0 Å². The lowest BCUT2D eigenvalue weighted by atomic mass is 9.84. The largest absolute Gasteiger partial charge is 0.481 e. The fourth-order valence-corrected chi connectivity index (χ4v) is 3.12. The first-order valence-electron chi connectivity index (χ1n) is 8.17. The highest BCUT2D eigenvalue weighted by Gasteiger charge is 2.28. The smallest absolute Gasteiger partial charge is 0.303 e. The van der Waals surface area contributed by atoms with Gasteiger partial charge in [-0.2, -0.15) is 0 Å². The van der Waals surface area contributed by atoms with Crippen LogP contribution in [0.2, 0.25) is 0 Å². The van der Waals surface area contributed by atoms with E-state index in [1.165, 1.54) is 0 Å². The number of carbonyl (C=O) groups is 2. The van der Waals surface area contributed by atoms with Crippen LogP contribution in [-0.2, 0) is 9.59 Å². The number of nitrogens with one attached hydrogen (secondary N) is 1. The van der Waals surface area contributed by atoms with Crippen LogP contribution in [0.3, 0.4) is 0 Å². The molecule has 1 aliphatic rings. The number of aliphatic carboxylic acids is 1. The summed E-state index contributed by atoms with van der Waals surface area (Å²) in [5, 5.41) is 11.8. The Balaban J connectivity index is 2.32. The molecule has 1 saturated carbocycles. The Morgan fingerprint density at radius 3 is 2.48 bits per heavy atom. The Kier molecular flexibility index (Phi) is 7.72. The van der Waals surface area contributed by atoms with Crippen molar-refractivity contribution in [1.82, 2.24) is 5.32 Å². The van der Waals surface area contributed by atoms with E-state index < -0.39 is 5.97 Å². The van der Waals surface area contributed by atoms with Crippen molar-refractivity contribution in [1.29, 1.82) is 0 Å². The number of amides is 1. The molecule has 0 bridgehead atoms. The molecular formula is C16H30N2O3. The van der Waals surface area contributed by atoms with Gasteiger partial charge in [-0.15, -0.1) is 0 Å². The van der Waals surface area contributed by atoms with Crippen LogP contribution in [-0.4, -0.2) is 29.6 Å². The Bertz CT molecular complexity index is 344. The predicted molar refractivity (Wildman–Crippen MR) is 82.8 cm³/mol. The Labute approximate surface area is 127 Å². The summed E-state index contributed by atoms with van der Waals surface area (Å²) in [6.45, 7) is 4.82. The van der Waals surface area contributed by atoms with Gasteiger partial charge in [-0.3, -0.25) is 9.59 Å². The van der Waals surface area contributed by atoms with Crippen LogP contribution in [0, 0.1) is 17.8 Å². The van der Waals surface area contributed by atoms with Crippen LogP contribution in [0.15, 0.2) is 0 Å². The highest BCUT2D eigenvalue weighted by molar-refractivity contribution is 5.79. The van der Waals surface area contributed by atoms with Crippen molar-refractivity contribution in [3.8, 4) is 0 Å². The standard InChI is InChI=1S/C16H30N2O3/c1-11(2)12(7-8-15(19)20)9-10-18-16(21)13-5-3-4-6-14(13)17/h11-14H,3-10,17H2,1-2H3,(H,18,21)(H,19,20). The highest BCUT2D eigenvalue weighted by atomic mass is 16.4. The van der Waals surface area contributed by atoms with Crippen molar-refractivity contribution in [3.63, 3.8) is 0 Å². The van der Waals surface area contributed by atoms with E-state index in [4.69, 9.17) is 10.8 Å². The summed E-state index contributed by atoms with van der Waals surface area (Å²) in [6.07, 6.45) is 5.73. The summed E-state index contributed by atoms with van der Waals surface area (Å²) in [5.74, 6) is 0.0377. The molecule has 1 rings (SSSR count). The van der Waals surface area contributed by atoms with Crippen molar-refractivity contribution >= 4 is 11.9 Å². The first-order valence-corrected chi connectivity index (χ1v) is 8.17. The third-order valence-electron chi connectivity index (χ3n) is 4.64. The van der Waals surface area contributed by atoms with Crippen LogP contribution < -0.4 is 11.1 Å². The number of nitrogens with two attached hydrogens (primary N) is 1. The molecule has 0 aromatic heterocycles. The maximum atomic E-state index is 12.1. The van der Waals surface area contributed by atoms with Gasteiger partial charge in [0.2, 0.25) is 5.91 Å². The molecule has 0 saturated heterocycles. The molecule has 0 aliphatic heterocycles. The summed E-state index contributed by atoms with van der Waals surface area (Å²) in [4.78, 5) is 22.8. The zero-order valence-electron chi connectivity index (χ0n) is 13.3. The topological polar surface area (TPSA) is 92.4 Å². The maximum Gasteiger partial charge on any atom is 0.303 e. The average Bonchev–Trinajstić information content (AvgIpc) is 2.42. The summed E-state index contributed by atoms with van der Waals surface area (Å²) < 4.78 is 0. The van der Waals surface area contributed by atoms with E-state index in [0.29, 0.717) is 24.8 Å². The lowest BCUT2D eigenvalue weighted by molar-refractivity contribution is -0.137. The lowest BCUT2D eigenvalue weighted by Gasteiger charge is -2.28. The van der Waals surface area contributed by atoms with Gasteiger partial charge in [0, 0.05) is 19.0 Å². The molecule has 1 aliphatic carbocycles. The van der Waals surface area contributed by atoms with E-state index in [1.807, 2.05) is 0 Å². The Morgan fingerprint density at radius 2 is 1.90 bits per heavy atom. The van der Waals surface area contributed by atoms with Crippen molar-refractivity contribution in [2.24, 2.45) is 23.5 Å². The molecular weight excluding hydrogens is 268 g/mol. The molecule has 0 aromatic rings. The van der Waals surface area contributed by atoms with Crippen LogP contribution in [0.4, 0.5) is 0 Å². The molecule has 0 spiro atoms. The van der Waals surface area contributed by atoms with Crippen LogP contribution in [0.1, 0.15) is 58.8 Å². The first-order chi connectivity index (χ1) is 9.91.